The minimum Gasteiger partial charge on any atom is -0.493 e. The number of nitrogens with one attached hydrogen (secondary N) is 2. The zero-order chi connectivity index (χ0) is 21.9. The van der Waals surface area contributed by atoms with Crippen molar-refractivity contribution in [1.82, 2.24) is 5.32 Å². The molecule has 0 heterocycles. The number of anilines is 1. The summed E-state index contributed by atoms with van der Waals surface area (Å²) in [5.41, 5.74) is 0.605. The molecule has 0 atom stereocenters. The Labute approximate surface area is 177 Å². The van der Waals surface area contributed by atoms with Gasteiger partial charge in [-0.1, -0.05) is 12.1 Å². The highest BCUT2D eigenvalue weighted by Gasteiger charge is 2.16. The summed E-state index contributed by atoms with van der Waals surface area (Å²) in [7, 11) is 2.87. The van der Waals surface area contributed by atoms with Crippen LogP contribution in [-0.2, 0) is 9.53 Å². The Hall–Kier alpha value is -2.85. The first-order valence-corrected chi connectivity index (χ1v) is 9.84. The van der Waals surface area contributed by atoms with Crippen molar-refractivity contribution in [3.63, 3.8) is 0 Å². The minimum absolute atomic E-state index is 0.115. The molecule has 0 aliphatic carbocycles. The molecule has 2 amide bonds. The standard InChI is InChI=1S/C20H22F2N2O5S/c1-27-10-9-23-18(25)12-30-17-6-4-3-5-14(17)19(26)24-13-7-8-15(28-2)16(11-13)29-20(21)22/h3-8,11,20H,9-10,12H2,1-2H3,(H,23,25)(H,24,26). The van der Waals surface area contributed by atoms with Crippen LogP contribution in [0.3, 0.4) is 0 Å². The van der Waals surface area contributed by atoms with E-state index >= 15 is 0 Å². The molecule has 7 nitrogen and oxygen atoms in total. The molecule has 0 aromatic heterocycles. The first kappa shape index (κ1) is 23.4. The van der Waals surface area contributed by atoms with Crippen molar-refractivity contribution in [2.24, 2.45) is 0 Å². The zero-order valence-corrected chi connectivity index (χ0v) is 17.3. The molecule has 30 heavy (non-hydrogen) atoms. The van der Waals surface area contributed by atoms with Crippen LogP contribution in [0, 0.1) is 0 Å². The van der Waals surface area contributed by atoms with Gasteiger partial charge in [-0.2, -0.15) is 8.78 Å². The molecule has 0 aliphatic rings. The predicted octanol–water partition coefficient (Wildman–Crippen LogP) is 3.40. The second-order valence-electron chi connectivity index (χ2n) is 5.83. The van der Waals surface area contributed by atoms with E-state index in [-0.39, 0.29) is 28.8 Å². The summed E-state index contributed by atoms with van der Waals surface area (Å²) in [6.07, 6.45) is 0. The topological polar surface area (TPSA) is 85.9 Å². The van der Waals surface area contributed by atoms with Crippen LogP contribution in [0.4, 0.5) is 14.5 Å². The molecule has 2 aromatic carbocycles. The van der Waals surface area contributed by atoms with Gasteiger partial charge in [0, 0.05) is 30.3 Å². The number of ether oxygens (including phenoxy) is 3. The predicted molar refractivity (Wildman–Crippen MR) is 110 cm³/mol. The number of carbonyl (C=O) groups excluding carboxylic acids is 2. The molecule has 0 unspecified atom stereocenters. The smallest absolute Gasteiger partial charge is 0.387 e. The highest BCUT2D eigenvalue weighted by Crippen LogP contribution is 2.32. The lowest BCUT2D eigenvalue weighted by Gasteiger charge is -2.13. The number of benzene rings is 2. The Morgan fingerprint density at radius 2 is 1.87 bits per heavy atom. The number of methoxy groups -OCH3 is 2. The molecule has 0 fully saturated rings. The molecule has 0 saturated carbocycles. The van der Waals surface area contributed by atoms with Crippen LogP contribution in [0.25, 0.3) is 0 Å². The molecule has 2 aromatic rings. The summed E-state index contributed by atoms with van der Waals surface area (Å²) in [5, 5.41) is 5.35. The Morgan fingerprint density at radius 3 is 2.57 bits per heavy atom. The Bertz CT molecular complexity index is 867. The minimum atomic E-state index is -3.03. The third-order valence-corrected chi connectivity index (χ3v) is 4.83. The second kappa shape index (κ2) is 12.0. The maximum absolute atomic E-state index is 12.7. The molecule has 2 rings (SSSR count). The molecule has 0 spiro atoms. The van der Waals surface area contributed by atoms with Gasteiger partial charge >= 0.3 is 6.61 Å². The van der Waals surface area contributed by atoms with E-state index in [2.05, 4.69) is 15.4 Å². The summed E-state index contributed by atoms with van der Waals surface area (Å²) < 4.78 is 39.5. The number of rotatable bonds is 11. The van der Waals surface area contributed by atoms with Crippen LogP contribution < -0.4 is 20.1 Å². The average Bonchev–Trinajstić information content (AvgIpc) is 2.72. The van der Waals surface area contributed by atoms with Gasteiger partial charge in [0.25, 0.3) is 5.91 Å². The van der Waals surface area contributed by atoms with Crippen molar-refractivity contribution in [2.45, 2.75) is 11.5 Å². The normalized spacial score (nSPS) is 10.6. The van der Waals surface area contributed by atoms with Crippen molar-refractivity contribution in [1.29, 1.82) is 0 Å². The molecule has 2 N–H and O–H groups in total. The molecular formula is C20H22F2N2O5S. The maximum atomic E-state index is 12.7. The fraction of sp³-hybridized carbons (Fsp3) is 0.300. The zero-order valence-electron chi connectivity index (χ0n) is 16.4. The van der Waals surface area contributed by atoms with E-state index in [9.17, 15) is 18.4 Å². The summed E-state index contributed by atoms with van der Waals surface area (Å²) >= 11 is 1.21. The number of amides is 2. The molecule has 10 heteroatoms. The quantitative estimate of drug-likeness (QED) is 0.412. The van der Waals surface area contributed by atoms with Crippen molar-refractivity contribution in [2.75, 3.05) is 38.4 Å². The molecule has 0 aliphatic heterocycles. The highest BCUT2D eigenvalue weighted by molar-refractivity contribution is 8.00. The van der Waals surface area contributed by atoms with E-state index in [4.69, 9.17) is 9.47 Å². The lowest BCUT2D eigenvalue weighted by molar-refractivity contribution is -0.118. The summed E-state index contributed by atoms with van der Waals surface area (Å²) in [6, 6.07) is 11.0. The molecule has 0 radical (unpaired) electrons. The van der Waals surface area contributed by atoms with Crippen molar-refractivity contribution >= 4 is 29.3 Å². The number of hydrogen-bond acceptors (Lipinski definition) is 6. The van der Waals surface area contributed by atoms with Crippen molar-refractivity contribution < 1.29 is 32.6 Å². The lowest BCUT2D eigenvalue weighted by Crippen LogP contribution is -2.28. The van der Waals surface area contributed by atoms with Gasteiger partial charge in [-0.05, 0) is 24.3 Å². The number of carbonyl (C=O) groups is 2. The van der Waals surface area contributed by atoms with Crippen molar-refractivity contribution in [3.05, 3.63) is 48.0 Å². The first-order chi connectivity index (χ1) is 14.4. The van der Waals surface area contributed by atoms with Gasteiger partial charge in [-0.15, -0.1) is 11.8 Å². The summed E-state index contributed by atoms with van der Waals surface area (Å²) in [5.74, 6) is -0.588. The Balaban J connectivity index is 2.08. The van der Waals surface area contributed by atoms with Crippen LogP contribution in [0.1, 0.15) is 10.4 Å². The van der Waals surface area contributed by atoms with Gasteiger partial charge in [0.1, 0.15) is 0 Å². The number of thioether (sulfide) groups is 1. The van der Waals surface area contributed by atoms with Crippen molar-refractivity contribution in [3.8, 4) is 11.5 Å². The summed E-state index contributed by atoms with van der Waals surface area (Å²) in [4.78, 5) is 25.2. The Kier molecular flexibility index (Phi) is 9.36. The number of alkyl halides is 2. The monoisotopic (exact) mass is 440 g/mol. The summed E-state index contributed by atoms with van der Waals surface area (Å²) in [6.45, 7) is -2.22. The molecule has 0 saturated heterocycles. The fourth-order valence-electron chi connectivity index (χ4n) is 2.41. The van der Waals surface area contributed by atoms with Crippen LogP contribution in [0.15, 0.2) is 47.4 Å². The second-order valence-corrected chi connectivity index (χ2v) is 6.84. The molecule has 0 bridgehead atoms. The van der Waals surface area contributed by atoms with E-state index in [0.717, 1.165) is 0 Å². The highest BCUT2D eigenvalue weighted by atomic mass is 32.2. The van der Waals surface area contributed by atoms with Gasteiger partial charge < -0.3 is 24.8 Å². The van der Waals surface area contributed by atoms with E-state index < -0.39 is 12.5 Å². The lowest BCUT2D eigenvalue weighted by atomic mass is 10.2. The van der Waals surface area contributed by atoms with Crippen LogP contribution in [-0.4, -0.2) is 51.5 Å². The van der Waals surface area contributed by atoms with Crippen LogP contribution >= 0.6 is 11.8 Å². The molecule has 162 valence electrons. The average molecular weight is 440 g/mol. The van der Waals surface area contributed by atoms with Gasteiger partial charge in [0.05, 0.1) is 25.0 Å². The van der Waals surface area contributed by atoms with E-state index in [1.807, 2.05) is 0 Å². The SMILES string of the molecule is COCCNC(=O)CSc1ccccc1C(=O)Nc1ccc(OC)c(OC(F)F)c1. The van der Waals surface area contributed by atoms with Gasteiger partial charge in [-0.25, -0.2) is 0 Å². The van der Waals surface area contributed by atoms with Gasteiger partial charge in [-0.3, -0.25) is 9.59 Å². The van der Waals surface area contributed by atoms with Crippen LogP contribution in [0.2, 0.25) is 0 Å². The third-order valence-electron chi connectivity index (χ3n) is 3.76. The molecular weight excluding hydrogens is 418 g/mol. The third kappa shape index (κ3) is 7.20. The largest absolute Gasteiger partial charge is 0.493 e. The number of halogens is 2. The first-order valence-electron chi connectivity index (χ1n) is 8.86. The van der Waals surface area contributed by atoms with E-state index in [1.165, 1.54) is 37.1 Å². The van der Waals surface area contributed by atoms with E-state index in [1.54, 1.807) is 31.4 Å². The van der Waals surface area contributed by atoms with Gasteiger partial charge in [0.15, 0.2) is 11.5 Å². The van der Waals surface area contributed by atoms with Gasteiger partial charge in [0.2, 0.25) is 5.91 Å². The maximum Gasteiger partial charge on any atom is 0.387 e. The van der Waals surface area contributed by atoms with E-state index in [0.29, 0.717) is 23.6 Å². The van der Waals surface area contributed by atoms with Crippen LogP contribution in [0.5, 0.6) is 11.5 Å². The Morgan fingerprint density at radius 1 is 1.10 bits per heavy atom. The fourth-order valence-corrected chi connectivity index (χ4v) is 3.29. The number of hydrogen-bond donors (Lipinski definition) is 2.